The molecule has 2 N–H and O–H groups in total. The van der Waals surface area contributed by atoms with Crippen LogP contribution in [0.1, 0.15) is 22.6 Å². The van der Waals surface area contributed by atoms with Crippen molar-refractivity contribution in [3.05, 3.63) is 112 Å². The van der Waals surface area contributed by atoms with Gasteiger partial charge in [0, 0.05) is 17.7 Å². The predicted molar refractivity (Wildman–Crippen MR) is 117 cm³/mol. The summed E-state index contributed by atoms with van der Waals surface area (Å²) in [6.45, 7) is -0.263. The van der Waals surface area contributed by atoms with Crippen LogP contribution >= 0.6 is 0 Å². The van der Waals surface area contributed by atoms with Crippen molar-refractivity contribution in [2.75, 3.05) is 6.54 Å². The third-order valence-corrected chi connectivity index (χ3v) is 4.44. The van der Waals surface area contributed by atoms with Gasteiger partial charge in [-0.2, -0.15) is 5.10 Å². The van der Waals surface area contributed by atoms with E-state index in [-0.39, 0.29) is 18.1 Å². The van der Waals surface area contributed by atoms with Crippen molar-refractivity contribution in [3.63, 3.8) is 0 Å². The number of nitrogens with one attached hydrogen (secondary N) is 2. The van der Waals surface area contributed by atoms with Crippen molar-refractivity contribution < 1.29 is 14.5 Å². The molecule has 0 aliphatic carbocycles. The first-order valence-corrected chi connectivity index (χ1v) is 9.48. The van der Waals surface area contributed by atoms with Crippen LogP contribution in [0.5, 0.6) is 0 Å². The fourth-order valence-electron chi connectivity index (χ4n) is 2.99. The summed E-state index contributed by atoms with van der Waals surface area (Å²) >= 11 is 0. The van der Waals surface area contributed by atoms with Crippen LogP contribution in [-0.4, -0.2) is 29.5 Å². The maximum atomic E-state index is 12.9. The fraction of sp³-hybridized carbons (Fsp3) is 0.0870. The van der Waals surface area contributed by atoms with Gasteiger partial charge in [-0.15, -0.1) is 0 Å². The molecule has 3 aromatic rings. The third kappa shape index (κ3) is 6.07. The van der Waals surface area contributed by atoms with Crippen molar-refractivity contribution in [1.82, 2.24) is 10.7 Å². The molecule has 0 aromatic heterocycles. The van der Waals surface area contributed by atoms with E-state index in [0.29, 0.717) is 5.56 Å². The number of rotatable bonds is 8. The maximum absolute atomic E-state index is 12.9. The molecule has 3 rings (SSSR count). The second-order valence-electron chi connectivity index (χ2n) is 6.62. The average Bonchev–Trinajstić information content (AvgIpc) is 2.79. The van der Waals surface area contributed by atoms with Crippen molar-refractivity contribution in [2.45, 2.75) is 5.92 Å². The summed E-state index contributed by atoms with van der Waals surface area (Å²) in [7, 11) is 0. The van der Waals surface area contributed by atoms with E-state index < -0.39 is 16.7 Å². The lowest BCUT2D eigenvalue weighted by atomic mass is 9.90. The van der Waals surface area contributed by atoms with Crippen LogP contribution < -0.4 is 10.7 Å². The molecule has 0 atom stereocenters. The largest absolute Gasteiger partial charge is 0.346 e. The molecule has 156 valence electrons. The van der Waals surface area contributed by atoms with Gasteiger partial charge >= 0.3 is 0 Å². The van der Waals surface area contributed by atoms with Gasteiger partial charge in [-0.05, 0) is 11.1 Å². The first-order chi connectivity index (χ1) is 15.0. The van der Waals surface area contributed by atoms with Crippen molar-refractivity contribution in [1.29, 1.82) is 0 Å². The Bertz CT molecular complexity index is 1050. The second-order valence-corrected chi connectivity index (χ2v) is 6.62. The van der Waals surface area contributed by atoms with E-state index in [1.807, 2.05) is 60.7 Å². The van der Waals surface area contributed by atoms with Gasteiger partial charge in [0.2, 0.25) is 5.91 Å². The number of hydrogen-bond acceptors (Lipinski definition) is 5. The Morgan fingerprint density at radius 1 is 0.935 bits per heavy atom. The van der Waals surface area contributed by atoms with Crippen molar-refractivity contribution >= 4 is 23.7 Å². The third-order valence-electron chi connectivity index (χ3n) is 4.44. The number of nitro groups is 1. The number of amides is 2. The van der Waals surface area contributed by atoms with Gasteiger partial charge in [0.15, 0.2) is 0 Å². The number of nitrogens with zero attached hydrogens (tertiary/aromatic N) is 2. The van der Waals surface area contributed by atoms with Crippen molar-refractivity contribution in [3.8, 4) is 0 Å². The molecule has 0 saturated carbocycles. The lowest BCUT2D eigenvalue weighted by Gasteiger charge is -2.17. The molecule has 8 heteroatoms. The van der Waals surface area contributed by atoms with Crippen LogP contribution in [-0.2, 0) is 9.59 Å². The first-order valence-electron chi connectivity index (χ1n) is 9.48. The zero-order valence-corrected chi connectivity index (χ0v) is 16.5. The molecule has 0 aliphatic rings. The molecule has 0 spiro atoms. The minimum atomic E-state index is -0.552. The topological polar surface area (TPSA) is 114 Å². The number of non-ortho nitro benzene ring substituents is 1. The highest BCUT2D eigenvalue weighted by molar-refractivity contribution is 5.91. The molecule has 8 nitrogen and oxygen atoms in total. The minimum Gasteiger partial charge on any atom is -0.346 e. The molecule has 31 heavy (non-hydrogen) atoms. The number of hydrazone groups is 1. The first kappa shape index (κ1) is 21.4. The molecule has 0 saturated heterocycles. The average molecular weight is 416 g/mol. The van der Waals surface area contributed by atoms with Gasteiger partial charge in [-0.25, -0.2) is 5.43 Å². The minimum absolute atomic E-state index is 0.0737. The molecule has 0 bridgehead atoms. The molecule has 0 aliphatic heterocycles. The summed E-state index contributed by atoms with van der Waals surface area (Å²) in [5, 5.41) is 17.2. The van der Waals surface area contributed by atoms with E-state index >= 15 is 0 Å². The van der Waals surface area contributed by atoms with E-state index in [2.05, 4.69) is 15.8 Å². The van der Waals surface area contributed by atoms with E-state index in [1.165, 1.54) is 24.4 Å². The van der Waals surface area contributed by atoms with Crippen LogP contribution in [0.15, 0.2) is 90.0 Å². The summed E-state index contributed by atoms with van der Waals surface area (Å²) in [5.41, 5.74) is 4.32. The smallest absolute Gasteiger partial charge is 0.270 e. The molecule has 3 aromatic carbocycles. The molecule has 2 amide bonds. The number of carbonyl (C=O) groups is 2. The highest BCUT2D eigenvalue weighted by Gasteiger charge is 2.22. The van der Waals surface area contributed by atoms with E-state index in [1.54, 1.807) is 6.07 Å². The highest BCUT2D eigenvalue weighted by atomic mass is 16.6. The fourth-order valence-corrected chi connectivity index (χ4v) is 2.99. The van der Waals surface area contributed by atoms with Gasteiger partial charge in [0.25, 0.3) is 11.6 Å². The van der Waals surface area contributed by atoms with Crippen LogP contribution in [0.4, 0.5) is 5.69 Å². The summed E-state index contributed by atoms with van der Waals surface area (Å²) in [4.78, 5) is 35.2. The Kier molecular flexibility index (Phi) is 7.21. The lowest BCUT2D eigenvalue weighted by molar-refractivity contribution is -0.384. The maximum Gasteiger partial charge on any atom is 0.270 e. The van der Waals surface area contributed by atoms with Crippen LogP contribution in [0.2, 0.25) is 0 Å². The second kappa shape index (κ2) is 10.4. The SMILES string of the molecule is O=C(CNC(=O)C(c1ccccc1)c1ccccc1)NN=Cc1cccc([N+](=O)[O-])c1. The van der Waals surface area contributed by atoms with Crippen LogP contribution in [0.3, 0.4) is 0 Å². The molecule has 0 radical (unpaired) electrons. The Morgan fingerprint density at radius 2 is 1.55 bits per heavy atom. The molecule has 0 fully saturated rings. The summed E-state index contributed by atoms with van der Waals surface area (Å²) < 4.78 is 0. The Labute approximate surface area is 178 Å². The van der Waals surface area contributed by atoms with Crippen LogP contribution in [0, 0.1) is 10.1 Å². The van der Waals surface area contributed by atoms with Crippen LogP contribution in [0.25, 0.3) is 0 Å². The van der Waals surface area contributed by atoms with Crippen molar-refractivity contribution in [2.24, 2.45) is 5.10 Å². The summed E-state index contributed by atoms with van der Waals surface area (Å²) in [5.74, 6) is -1.38. The number of nitro benzene ring substituents is 1. The van der Waals surface area contributed by atoms with E-state index in [0.717, 1.165) is 11.1 Å². The number of hydrogen-bond donors (Lipinski definition) is 2. The molecular formula is C23H20N4O4. The number of carbonyl (C=O) groups excluding carboxylic acids is 2. The summed E-state index contributed by atoms with van der Waals surface area (Å²) in [6.07, 6.45) is 1.30. The highest BCUT2D eigenvalue weighted by Crippen LogP contribution is 2.24. The predicted octanol–water partition coefficient (Wildman–Crippen LogP) is 2.99. The normalized spacial score (nSPS) is 10.7. The van der Waals surface area contributed by atoms with Gasteiger partial charge in [0.1, 0.15) is 0 Å². The zero-order valence-electron chi connectivity index (χ0n) is 16.5. The summed E-state index contributed by atoms with van der Waals surface area (Å²) in [6, 6.07) is 24.4. The van der Waals surface area contributed by atoms with Gasteiger partial charge in [-0.3, -0.25) is 19.7 Å². The van der Waals surface area contributed by atoms with E-state index in [4.69, 9.17) is 0 Å². The Balaban J connectivity index is 1.60. The lowest BCUT2D eigenvalue weighted by Crippen LogP contribution is -2.37. The Hall–Kier alpha value is -4.33. The monoisotopic (exact) mass is 416 g/mol. The molecular weight excluding hydrogens is 396 g/mol. The van der Waals surface area contributed by atoms with Gasteiger partial charge in [0.05, 0.1) is 23.6 Å². The molecule has 0 heterocycles. The standard InChI is InChI=1S/C23H20N4O4/c28-21(26-25-15-17-8-7-13-20(14-17)27(30)31)16-24-23(29)22(18-9-3-1-4-10-18)19-11-5-2-6-12-19/h1-15,22H,16H2,(H,24,29)(H,26,28). The quantitative estimate of drug-likeness (QED) is 0.334. The van der Waals surface area contributed by atoms with Gasteiger partial charge in [-0.1, -0.05) is 72.8 Å². The Morgan fingerprint density at radius 3 is 2.13 bits per heavy atom. The van der Waals surface area contributed by atoms with Gasteiger partial charge < -0.3 is 5.32 Å². The molecule has 0 unspecified atom stereocenters. The van der Waals surface area contributed by atoms with E-state index in [9.17, 15) is 19.7 Å². The zero-order chi connectivity index (χ0) is 22.1. The number of benzene rings is 3.